The van der Waals surface area contributed by atoms with Gasteiger partial charge in [-0.05, 0) is 112 Å². The van der Waals surface area contributed by atoms with E-state index in [0.717, 1.165) is 36.8 Å². The molecule has 0 saturated heterocycles. The van der Waals surface area contributed by atoms with Gasteiger partial charge in [-0.3, -0.25) is 4.79 Å². The van der Waals surface area contributed by atoms with E-state index < -0.39 is 5.60 Å². The Balaban J connectivity index is 1.54. The Hall–Kier alpha value is -3.29. The van der Waals surface area contributed by atoms with Crippen molar-refractivity contribution in [2.75, 3.05) is 13.7 Å². The van der Waals surface area contributed by atoms with Gasteiger partial charge in [0.05, 0.1) is 24.6 Å². The first-order chi connectivity index (χ1) is 17.7. The highest BCUT2D eigenvalue weighted by Gasteiger charge is 2.28. The number of pyridine rings is 1. The Kier molecular flexibility index (Phi) is 8.25. The summed E-state index contributed by atoms with van der Waals surface area (Å²) in [6, 6.07) is 13.9. The lowest BCUT2D eigenvalue weighted by Gasteiger charge is -2.24. The largest absolute Gasteiger partial charge is 0.493 e. The summed E-state index contributed by atoms with van der Waals surface area (Å²) in [6.45, 7) is 3.92. The van der Waals surface area contributed by atoms with Gasteiger partial charge in [0, 0.05) is 17.5 Å². The molecule has 0 aliphatic heterocycles. The molecule has 6 nitrogen and oxygen atoms in total. The molecule has 2 aromatic carbocycles. The molecule has 1 aromatic heterocycles. The van der Waals surface area contributed by atoms with Gasteiger partial charge >= 0.3 is 0 Å². The van der Waals surface area contributed by atoms with Crippen molar-refractivity contribution in [1.82, 2.24) is 4.98 Å². The van der Waals surface area contributed by atoms with Gasteiger partial charge in [0.1, 0.15) is 11.4 Å². The number of aromatic nitrogens is 1. The van der Waals surface area contributed by atoms with Crippen LogP contribution in [0.3, 0.4) is 0 Å². The van der Waals surface area contributed by atoms with E-state index in [1.165, 1.54) is 6.07 Å². The van der Waals surface area contributed by atoms with Crippen molar-refractivity contribution in [3.8, 4) is 22.8 Å². The van der Waals surface area contributed by atoms with Crippen LogP contribution in [0.15, 0.2) is 48.5 Å². The average Bonchev–Trinajstić information content (AvgIpc) is 3.71. The Morgan fingerprint density at radius 2 is 1.95 bits per heavy atom. The maximum Gasteiger partial charge on any atom is 0.163 e. The number of rotatable bonds is 12. The first-order valence-corrected chi connectivity index (χ1v) is 12.8. The number of halogens is 1. The van der Waals surface area contributed by atoms with Crippen molar-refractivity contribution >= 4 is 5.78 Å². The van der Waals surface area contributed by atoms with Crippen LogP contribution in [-0.2, 0) is 12.0 Å². The molecular weight excluding hydrogens is 471 g/mol. The highest BCUT2D eigenvalue weighted by Crippen LogP contribution is 2.35. The average molecular weight is 507 g/mol. The summed E-state index contributed by atoms with van der Waals surface area (Å²) in [5.41, 5.74) is 8.26. The maximum atomic E-state index is 13.9. The zero-order valence-electron chi connectivity index (χ0n) is 21.7. The predicted molar refractivity (Wildman–Crippen MR) is 142 cm³/mol. The number of ketones is 1. The predicted octanol–water partition coefficient (Wildman–Crippen LogP) is 5.51. The molecule has 1 atom stereocenters. The number of hydrogen-bond donors (Lipinski definition) is 2. The van der Waals surface area contributed by atoms with Crippen molar-refractivity contribution in [2.45, 2.75) is 64.1 Å². The van der Waals surface area contributed by atoms with E-state index in [1.54, 1.807) is 51.3 Å². The van der Waals surface area contributed by atoms with Crippen LogP contribution in [0.25, 0.3) is 11.3 Å². The lowest BCUT2D eigenvalue weighted by Crippen LogP contribution is -2.24. The second kappa shape index (κ2) is 11.4. The first kappa shape index (κ1) is 26.8. The molecule has 3 N–H and O–H groups in total. The van der Waals surface area contributed by atoms with E-state index in [9.17, 15) is 14.3 Å². The summed E-state index contributed by atoms with van der Waals surface area (Å²) >= 11 is 0. The zero-order chi connectivity index (χ0) is 26.6. The molecule has 0 radical (unpaired) electrons. The molecule has 1 aliphatic rings. The van der Waals surface area contributed by atoms with Gasteiger partial charge in [-0.1, -0.05) is 0 Å². The second-order valence-electron chi connectivity index (χ2n) is 9.98. The third kappa shape index (κ3) is 6.73. The van der Waals surface area contributed by atoms with Crippen LogP contribution in [0, 0.1) is 12.7 Å². The molecular formula is C30H35FN2O4. The number of aliphatic hydroxyl groups is 1. The monoisotopic (exact) mass is 506 g/mol. The number of Topliss-reactive ketones (excluding diaryl/α,β-unsaturated/α-hetero) is 1. The van der Waals surface area contributed by atoms with Crippen molar-refractivity contribution in [3.05, 3.63) is 76.7 Å². The van der Waals surface area contributed by atoms with Crippen molar-refractivity contribution < 1.29 is 23.8 Å². The third-order valence-electron chi connectivity index (χ3n) is 6.70. The van der Waals surface area contributed by atoms with E-state index >= 15 is 0 Å². The first-order valence-electron chi connectivity index (χ1n) is 12.8. The van der Waals surface area contributed by atoms with Gasteiger partial charge in [0.15, 0.2) is 17.3 Å². The number of benzene rings is 2. The number of carbonyl (C=O) groups excluding carboxylic acids is 1. The molecule has 1 fully saturated rings. The molecule has 1 saturated carbocycles. The molecule has 4 rings (SSSR count). The van der Waals surface area contributed by atoms with E-state index in [1.807, 2.05) is 12.1 Å². The number of nitrogens with zero attached hydrogens (tertiary/aromatic N) is 1. The lowest BCUT2D eigenvalue weighted by atomic mass is 9.90. The summed E-state index contributed by atoms with van der Waals surface area (Å²) in [5.74, 6) is 0.774. The molecule has 0 bridgehead atoms. The van der Waals surface area contributed by atoms with Gasteiger partial charge in [-0.15, -0.1) is 0 Å². The summed E-state index contributed by atoms with van der Waals surface area (Å²) in [4.78, 5) is 17.8. The van der Waals surface area contributed by atoms with E-state index in [2.05, 4.69) is 0 Å². The van der Waals surface area contributed by atoms with Gasteiger partial charge in [-0.25, -0.2) is 9.37 Å². The zero-order valence-corrected chi connectivity index (χ0v) is 21.7. The van der Waals surface area contributed by atoms with Crippen LogP contribution in [0.1, 0.15) is 66.2 Å². The fourth-order valence-corrected chi connectivity index (χ4v) is 4.20. The maximum absolute atomic E-state index is 13.9. The standard InChI is InChI=1S/C30H35FN2O4/c1-19-15-21(6-10-24(19)31)25-16-20(5-4-14-32)17-29(33-25)30(2,35)13-12-26(34)22-7-11-27(28(18-22)36-3)37-23-8-9-23/h6-7,10-11,15-18,23,35H,4-5,8-9,12-14,32H2,1-3H3. The van der Waals surface area contributed by atoms with Crippen LogP contribution in [0.5, 0.6) is 11.5 Å². The third-order valence-corrected chi connectivity index (χ3v) is 6.70. The fourth-order valence-electron chi connectivity index (χ4n) is 4.20. The quantitative estimate of drug-likeness (QED) is 0.315. The molecule has 1 heterocycles. The Morgan fingerprint density at radius 1 is 1.16 bits per heavy atom. The molecule has 7 heteroatoms. The topological polar surface area (TPSA) is 94.7 Å². The fraction of sp³-hybridized carbons (Fsp3) is 0.400. The Labute approximate surface area is 217 Å². The minimum Gasteiger partial charge on any atom is -0.493 e. The molecule has 1 aliphatic carbocycles. The smallest absolute Gasteiger partial charge is 0.163 e. The van der Waals surface area contributed by atoms with E-state index in [4.69, 9.17) is 20.2 Å². The minimum absolute atomic E-state index is 0.106. The van der Waals surface area contributed by atoms with Gasteiger partial charge in [-0.2, -0.15) is 0 Å². The van der Waals surface area contributed by atoms with Gasteiger partial charge < -0.3 is 20.3 Å². The summed E-state index contributed by atoms with van der Waals surface area (Å²) in [6.07, 6.45) is 4.11. The van der Waals surface area contributed by atoms with Crippen LogP contribution < -0.4 is 15.2 Å². The molecule has 3 aromatic rings. The Bertz CT molecular complexity index is 1270. The highest BCUT2D eigenvalue weighted by atomic mass is 19.1. The minimum atomic E-state index is -1.35. The van der Waals surface area contributed by atoms with E-state index in [0.29, 0.717) is 40.6 Å². The van der Waals surface area contributed by atoms with Crippen LogP contribution in [0.4, 0.5) is 4.39 Å². The number of ether oxygens (including phenoxy) is 2. The van der Waals surface area contributed by atoms with Gasteiger partial charge in [0.2, 0.25) is 0 Å². The number of carbonyl (C=O) groups is 1. The van der Waals surface area contributed by atoms with Crippen molar-refractivity contribution in [1.29, 1.82) is 0 Å². The summed E-state index contributed by atoms with van der Waals surface area (Å²) < 4.78 is 25.1. The second-order valence-corrected chi connectivity index (χ2v) is 9.98. The lowest BCUT2D eigenvalue weighted by molar-refractivity contribution is 0.0397. The Morgan fingerprint density at radius 3 is 2.62 bits per heavy atom. The van der Waals surface area contributed by atoms with E-state index in [-0.39, 0.29) is 30.5 Å². The van der Waals surface area contributed by atoms with Gasteiger partial charge in [0.25, 0.3) is 0 Å². The summed E-state index contributed by atoms with van der Waals surface area (Å²) in [5, 5.41) is 11.4. The number of methoxy groups -OCH3 is 1. The molecule has 0 amide bonds. The molecule has 0 spiro atoms. The summed E-state index contributed by atoms with van der Waals surface area (Å²) in [7, 11) is 1.55. The number of nitrogens with two attached hydrogens (primary N) is 1. The highest BCUT2D eigenvalue weighted by molar-refractivity contribution is 5.96. The van der Waals surface area contributed by atoms with Crippen LogP contribution in [0.2, 0.25) is 0 Å². The molecule has 37 heavy (non-hydrogen) atoms. The molecule has 1 unspecified atom stereocenters. The molecule has 196 valence electrons. The SMILES string of the molecule is COc1cc(C(=O)CCC(C)(O)c2cc(CCCN)cc(-c3ccc(F)c(C)c3)n2)ccc1OC1CC1. The van der Waals surface area contributed by atoms with Crippen LogP contribution >= 0.6 is 0 Å². The van der Waals surface area contributed by atoms with Crippen molar-refractivity contribution in [3.63, 3.8) is 0 Å². The number of aryl methyl sites for hydroxylation is 2. The van der Waals surface area contributed by atoms with Crippen LogP contribution in [-0.4, -0.2) is 35.6 Å². The van der Waals surface area contributed by atoms with Crippen molar-refractivity contribution in [2.24, 2.45) is 5.73 Å². The normalized spacial score (nSPS) is 14.8. The number of hydrogen-bond acceptors (Lipinski definition) is 6.